The predicted molar refractivity (Wildman–Crippen MR) is 58.3 cm³/mol. The molecule has 0 radical (unpaired) electrons. The number of terminal acetylenes is 1. The molecule has 1 rings (SSSR count). The van der Waals surface area contributed by atoms with Crippen LogP contribution in [0.5, 0.6) is 11.5 Å². The first kappa shape index (κ1) is 11.4. The fourth-order valence-corrected chi connectivity index (χ4v) is 1.10. The molecule has 0 atom stereocenters. The quantitative estimate of drug-likeness (QED) is 0.542. The van der Waals surface area contributed by atoms with E-state index in [1.165, 1.54) is 0 Å². The minimum atomic E-state index is 0.471. The summed E-state index contributed by atoms with van der Waals surface area (Å²) in [5, 5.41) is 0. The normalized spacial score (nSPS) is 9.40. The van der Waals surface area contributed by atoms with Gasteiger partial charge in [-0.2, -0.15) is 0 Å². The second-order valence-electron chi connectivity index (χ2n) is 2.85. The first-order valence-electron chi connectivity index (χ1n) is 4.58. The average Bonchev–Trinajstić information content (AvgIpc) is 2.29. The van der Waals surface area contributed by atoms with E-state index in [2.05, 4.69) is 5.92 Å². The van der Waals surface area contributed by atoms with E-state index in [1.54, 1.807) is 32.4 Å². The standard InChI is InChI=1S/C12H14O3/c1-4-10-5-6-11(14-3)9-12(10)15-8-7-13-2/h1,5-6,9H,7-8H2,2-3H3. The largest absolute Gasteiger partial charge is 0.497 e. The van der Waals surface area contributed by atoms with Crippen LogP contribution < -0.4 is 9.47 Å². The Labute approximate surface area is 90.0 Å². The molecule has 0 aliphatic carbocycles. The van der Waals surface area contributed by atoms with Crippen molar-refractivity contribution in [3.05, 3.63) is 23.8 Å². The topological polar surface area (TPSA) is 27.7 Å². The van der Waals surface area contributed by atoms with Gasteiger partial charge < -0.3 is 14.2 Å². The summed E-state index contributed by atoms with van der Waals surface area (Å²) in [7, 11) is 3.22. The monoisotopic (exact) mass is 206 g/mol. The van der Waals surface area contributed by atoms with E-state index in [0.29, 0.717) is 24.5 Å². The molecular formula is C12H14O3. The van der Waals surface area contributed by atoms with E-state index in [0.717, 1.165) is 5.75 Å². The number of hydrogen-bond acceptors (Lipinski definition) is 3. The van der Waals surface area contributed by atoms with E-state index in [9.17, 15) is 0 Å². The average molecular weight is 206 g/mol. The number of methoxy groups -OCH3 is 2. The summed E-state index contributed by atoms with van der Waals surface area (Å²) < 4.78 is 15.4. The van der Waals surface area contributed by atoms with Crippen molar-refractivity contribution in [2.75, 3.05) is 27.4 Å². The molecule has 1 aromatic rings. The van der Waals surface area contributed by atoms with Crippen LogP contribution in [0.4, 0.5) is 0 Å². The number of hydrogen-bond donors (Lipinski definition) is 0. The molecule has 0 fully saturated rings. The SMILES string of the molecule is C#Cc1ccc(OC)cc1OCCOC. The highest BCUT2D eigenvalue weighted by Gasteiger charge is 2.03. The number of ether oxygens (including phenoxy) is 3. The zero-order valence-electron chi connectivity index (χ0n) is 8.95. The van der Waals surface area contributed by atoms with Crippen LogP contribution in [0.1, 0.15) is 5.56 Å². The fourth-order valence-electron chi connectivity index (χ4n) is 1.10. The van der Waals surface area contributed by atoms with Gasteiger partial charge in [-0.25, -0.2) is 0 Å². The molecule has 0 aromatic heterocycles. The van der Waals surface area contributed by atoms with Crippen LogP contribution in [0, 0.1) is 12.3 Å². The van der Waals surface area contributed by atoms with Gasteiger partial charge in [0.1, 0.15) is 18.1 Å². The Morgan fingerprint density at radius 3 is 2.67 bits per heavy atom. The molecule has 0 unspecified atom stereocenters. The molecule has 1 aromatic carbocycles. The minimum Gasteiger partial charge on any atom is -0.497 e. The van der Waals surface area contributed by atoms with E-state index >= 15 is 0 Å². The number of rotatable bonds is 5. The Morgan fingerprint density at radius 1 is 1.27 bits per heavy atom. The van der Waals surface area contributed by atoms with Crippen molar-refractivity contribution in [2.24, 2.45) is 0 Å². The smallest absolute Gasteiger partial charge is 0.138 e. The second-order valence-corrected chi connectivity index (χ2v) is 2.85. The van der Waals surface area contributed by atoms with Gasteiger partial charge in [0.05, 0.1) is 19.3 Å². The van der Waals surface area contributed by atoms with Gasteiger partial charge in [0.2, 0.25) is 0 Å². The molecule has 0 aliphatic rings. The summed E-state index contributed by atoms with van der Waals surface area (Å²) in [6.45, 7) is 1.000. The van der Waals surface area contributed by atoms with Crippen LogP contribution >= 0.6 is 0 Å². The molecule has 80 valence electrons. The fraction of sp³-hybridized carbons (Fsp3) is 0.333. The van der Waals surface area contributed by atoms with Gasteiger partial charge in [-0.1, -0.05) is 5.92 Å². The molecule has 0 spiro atoms. The van der Waals surface area contributed by atoms with Gasteiger partial charge >= 0.3 is 0 Å². The summed E-state index contributed by atoms with van der Waals surface area (Å²) in [6.07, 6.45) is 5.34. The molecule has 3 nitrogen and oxygen atoms in total. The molecule has 0 amide bonds. The van der Waals surface area contributed by atoms with E-state index in [-0.39, 0.29) is 0 Å². The predicted octanol–water partition coefficient (Wildman–Crippen LogP) is 1.70. The van der Waals surface area contributed by atoms with Crippen molar-refractivity contribution in [2.45, 2.75) is 0 Å². The summed E-state index contributed by atoms with van der Waals surface area (Å²) in [5.74, 6) is 3.92. The first-order chi connectivity index (χ1) is 7.31. The minimum absolute atomic E-state index is 0.471. The Balaban J connectivity index is 2.78. The van der Waals surface area contributed by atoms with Crippen molar-refractivity contribution in [3.8, 4) is 23.8 Å². The van der Waals surface area contributed by atoms with Crippen molar-refractivity contribution in [1.29, 1.82) is 0 Å². The van der Waals surface area contributed by atoms with Crippen LogP contribution in [0.15, 0.2) is 18.2 Å². The van der Waals surface area contributed by atoms with Crippen molar-refractivity contribution >= 4 is 0 Å². The van der Waals surface area contributed by atoms with Crippen LogP contribution in [0.25, 0.3) is 0 Å². The maximum absolute atomic E-state index is 5.46. The lowest BCUT2D eigenvalue weighted by Gasteiger charge is -2.09. The second kappa shape index (κ2) is 5.94. The molecule has 3 heteroatoms. The molecule has 15 heavy (non-hydrogen) atoms. The highest BCUT2D eigenvalue weighted by molar-refractivity contribution is 5.48. The summed E-state index contributed by atoms with van der Waals surface area (Å²) in [5.41, 5.74) is 0.715. The van der Waals surface area contributed by atoms with Crippen LogP contribution in [0.2, 0.25) is 0 Å². The van der Waals surface area contributed by atoms with Gasteiger partial charge in [-0.05, 0) is 12.1 Å². The molecule has 0 heterocycles. The zero-order chi connectivity index (χ0) is 11.1. The van der Waals surface area contributed by atoms with Gasteiger partial charge in [-0.15, -0.1) is 6.42 Å². The Bertz CT molecular complexity index is 352. The summed E-state index contributed by atoms with van der Waals surface area (Å²) in [6, 6.07) is 5.37. The molecule has 0 saturated heterocycles. The van der Waals surface area contributed by atoms with E-state index in [1.807, 2.05) is 0 Å². The lowest BCUT2D eigenvalue weighted by Crippen LogP contribution is -2.05. The third kappa shape index (κ3) is 3.19. The molecule has 0 N–H and O–H groups in total. The van der Waals surface area contributed by atoms with Crippen molar-refractivity contribution in [1.82, 2.24) is 0 Å². The molecule has 0 saturated carbocycles. The first-order valence-corrected chi connectivity index (χ1v) is 4.58. The molecular weight excluding hydrogens is 192 g/mol. The maximum atomic E-state index is 5.46. The Kier molecular flexibility index (Phi) is 4.52. The van der Waals surface area contributed by atoms with Gasteiger partial charge in [0.25, 0.3) is 0 Å². The van der Waals surface area contributed by atoms with Crippen molar-refractivity contribution < 1.29 is 14.2 Å². The van der Waals surface area contributed by atoms with E-state index < -0.39 is 0 Å². The zero-order valence-corrected chi connectivity index (χ0v) is 8.95. The third-order valence-electron chi connectivity index (χ3n) is 1.89. The van der Waals surface area contributed by atoms with Gasteiger partial charge in [-0.3, -0.25) is 0 Å². The Morgan fingerprint density at radius 2 is 2.07 bits per heavy atom. The molecule has 0 aliphatic heterocycles. The summed E-state index contributed by atoms with van der Waals surface area (Å²) in [4.78, 5) is 0. The third-order valence-corrected chi connectivity index (χ3v) is 1.89. The van der Waals surface area contributed by atoms with Crippen LogP contribution in [-0.4, -0.2) is 27.4 Å². The highest BCUT2D eigenvalue weighted by atomic mass is 16.5. The van der Waals surface area contributed by atoms with Crippen LogP contribution in [0.3, 0.4) is 0 Å². The Hall–Kier alpha value is -1.66. The van der Waals surface area contributed by atoms with E-state index in [4.69, 9.17) is 20.6 Å². The summed E-state index contributed by atoms with van der Waals surface area (Å²) >= 11 is 0. The highest BCUT2D eigenvalue weighted by Crippen LogP contribution is 2.23. The lowest BCUT2D eigenvalue weighted by atomic mass is 10.2. The van der Waals surface area contributed by atoms with Crippen LogP contribution in [-0.2, 0) is 4.74 Å². The number of benzene rings is 1. The van der Waals surface area contributed by atoms with Gasteiger partial charge in [0, 0.05) is 13.2 Å². The molecule has 0 bridgehead atoms. The lowest BCUT2D eigenvalue weighted by molar-refractivity contribution is 0.146. The van der Waals surface area contributed by atoms with Gasteiger partial charge in [0.15, 0.2) is 0 Å². The maximum Gasteiger partial charge on any atom is 0.138 e. The van der Waals surface area contributed by atoms with Crippen molar-refractivity contribution in [3.63, 3.8) is 0 Å².